The Kier molecular flexibility index (Phi) is 5.64. The van der Waals surface area contributed by atoms with Crippen LogP contribution in [0.3, 0.4) is 0 Å². The summed E-state index contributed by atoms with van der Waals surface area (Å²) in [7, 11) is 1.63. The van der Waals surface area contributed by atoms with Crippen LogP contribution in [0.1, 0.15) is 29.6 Å². The molecule has 1 aliphatic rings. The number of piperidine rings is 1. The summed E-state index contributed by atoms with van der Waals surface area (Å²) in [4.78, 5) is 26.6. The zero-order valence-electron chi connectivity index (χ0n) is 16.7. The number of nitrogens with two attached hydrogens (primary N) is 1. The number of likely N-dealkylation sites (tertiary alicyclic amines) is 1. The van der Waals surface area contributed by atoms with Crippen LogP contribution < -0.4 is 10.5 Å². The number of ether oxygens (including phenoxy) is 1. The van der Waals surface area contributed by atoms with Crippen LogP contribution in [0.15, 0.2) is 54.6 Å². The zero-order valence-corrected chi connectivity index (χ0v) is 17.5. The number of hydrogen-bond donors (Lipinski definition) is 1. The fourth-order valence-corrected chi connectivity index (χ4v) is 4.35. The maximum atomic E-state index is 13.1. The Hall–Kier alpha value is -3.05. The Labute approximate surface area is 180 Å². The van der Waals surface area contributed by atoms with Gasteiger partial charge in [-0.2, -0.15) is 0 Å². The molecule has 1 saturated heterocycles. The Bertz CT molecular complexity index is 1130. The van der Waals surface area contributed by atoms with Crippen molar-refractivity contribution < 1.29 is 14.3 Å². The molecule has 2 N–H and O–H groups in total. The Morgan fingerprint density at radius 2 is 1.90 bits per heavy atom. The predicted molar refractivity (Wildman–Crippen MR) is 119 cm³/mol. The van der Waals surface area contributed by atoms with E-state index in [-0.39, 0.29) is 5.91 Å². The summed E-state index contributed by atoms with van der Waals surface area (Å²) >= 11 is 6.22. The van der Waals surface area contributed by atoms with E-state index in [1.807, 2.05) is 42.5 Å². The maximum absolute atomic E-state index is 13.1. The standard InChI is InChI=1S/C24H23ClN2O3/c1-30-22-11-9-17(25)14-20(22)19-6-4-5-15-13-16(8-10-18(15)19)24(29)27-12-3-2-7-21(27)23(26)28/h4-6,8-11,13-14,21H,2-3,7,12H2,1H3,(H2,26,28). The van der Waals surface area contributed by atoms with Gasteiger partial charge in [0.2, 0.25) is 5.91 Å². The fraction of sp³-hybridized carbons (Fsp3) is 0.250. The second kappa shape index (κ2) is 8.36. The van der Waals surface area contributed by atoms with E-state index in [0.29, 0.717) is 23.6 Å². The average molecular weight is 423 g/mol. The third-order valence-corrected chi connectivity index (χ3v) is 5.91. The predicted octanol–water partition coefficient (Wildman–Crippen LogP) is 4.65. The molecular weight excluding hydrogens is 400 g/mol. The highest BCUT2D eigenvalue weighted by Gasteiger charge is 2.31. The molecule has 1 atom stereocenters. The number of carbonyl (C=O) groups is 2. The number of carbonyl (C=O) groups excluding carboxylic acids is 2. The Balaban J connectivity index is 1.76. The first kappa shape index (κ1) is 20.2. The number of hydrogen-bond acceptors (Lipinski definition) is 3. The van der Waals surface area contributed by atoms with Crippen molar-refractivity contribution in [1.29, 1.82) is 0 Å². The Morgan fingerprint density at radius 1 is 1.07 bits per heavy atom. The third-order valence-electron chi connectivity index (χ3n) is 5.67. The van der Waals surface area contributed by atoms with Gasteiger partial charge in [0.1, 0.15) is 11.8 Å². The van der Waals surface area contributed by atoms with Gasteiger partial charge in [0.25, 0.3) is 5.91 Å². The van der Waals surface area contributed by atoms with Gasteiger partial charge in [0.15, 0.2) is 0 Å². The van der Waals surface area contributed by atoms with E-state index in [4.69, 9.17) is 22.1 Å². The second-order valence-corrected chi connectivity index (χ2v) is 7.94. The highest BCUT2D eigenvalue weighted by molar-refractivity contribution is 6.31. The molecule has 3 aromatic rings. The number of methoxy groups -OCH3 is 1. The molecule has 6 heteroatoms. The van der Waals surface area contributed by atoms with Crippen LogP contribution in [0.5, 0.6) is 5.75 Å². The van der Waals surface area contributed by atoms with Gasteiger partial charge in [-0.25, -0.2) is 0 Å². The van der Waals surface area contributed by atoms with Crippen LogP contribution in [0.25, 0.3) is 21.9 Å². The molecule has 0 bridgehead atoms. The van der Waals surface area contributed by atoms with Crippen molar-refractivity contribution in [3.63, 3.8) is 0 Å². The third kappa shape index (κ3) is 3.73. The van der Waals surface area contributed by atoms with Crippen molar-refractivity contribution in [2.75, 3.05) is 13.7 Å². The van der Waals surface area contributed by atoms with E-state index >= 15 is 0 Å². The molecule has 0 spiro atoms. The van der Waals surface area contributed by atoms with E-state index in [0.717, 1.165) is 40.5 Å². The number of rotatable bonds is 4. The van der Waals surface area contributed by atoms with Crippen LogP contribution >= 0.6 is 11.6 Å². The van der Waals surface area contributed by atoms with Crippen LogP contribution in [0, 0.1) is 0 Å². The maximum Gasteiger partial charge on any atom is 0.254 e. The van der Waals surface area contributed by atoms with E-state index < -0.39 is 11.9 Å². The van der Waals surface area contributed by atoms with Crippen LogP contribution in [-0.2, 0) is 4.79 Å². The normalized spacial score (nSPS) is 16.5. The summed E-state index contributed by atoms with van der Waals surface area (Å²) in [6, 6.07) is 16.5. The minimum atomic E-state index is -0.538. The van der Waals surface area contributed by atoms with Crippen molar-refractivity contribution in [2.24, 2.45) is 5.73 Å². The minimum Gasteiger partial charge on any atom is -0.496 e. The molecule has 0 saturated carbocycles. The molecule has 154 valence electrons. The topological polar surface area (TPSA) is 72.6 Å². The SMILES string of the molecule is COc1ccc(Cl)cc1-c1cccc2cc(C(=O)N3CCCCC3C(N)=O)ccc12. The van der Waals surface area contributed by atoms with Crippen molar-refractivity contribution >= 4 is 34.2 Å². The smallest absolute Gasteiger partial charge is 0.254 e. The molecule has 1 aliphatic heterocycles. The highest BCUT2D eigenvalue weighted by atomic mass is 35.5. The molecule has 0 aliphatic carbocycles. The van der Waals surface area contributed by atoms with Gasteiger partial charge in [0.05, 0.1) is 7.11 Å². The van der Waals surface area contributed by atoms with E-state index in [1.54, 1.807) is 24.1 Å². The van der Waals surface area contributed by atoms with Gasteiger partial charge in [-0.3, -0.25) is 9.59 Å². The minimum absolute atomic E-state index is 0.161. The molecule has 1 unspecified atom stereocenters. The molecule has 3 aromatic carbocycles. The van der Waals surface area contributed by atoms with Crippen molar-refractivity contribution in [1.82, 2.24) is 4.90 Å². The lowest BCUT2D eigenvalue weighted by atomic mass is 9.95. The summed E-state index contributed by atoms with van der Waals surface area (Å²) < 4.78 is 5.52. The van der Waals surface area contributed by atoms with Gasteiger partial charge < -0.3 is 15.4 Å². The van der Waals surface area contributed by atoms with Gasteiger partial charge >= 0.3 is 0 Å². The van der Waals surface area contributed by atoms with Crippen LogP contribution in [-0.4, -0.2) is 36.4 Å². The van der Waals surface area contributed by atoms with Gasteiger partial charge in [0, 0.05) is 22.7 Å². The van der Waals surface area contributed by atoms with Crippen LogP contribution in [0.2, 0.25) is 5.02 Å². The van der Waals surface area contributed by atoms with Crippen LogP contribution in [0.4, 0.5) is 0 Å². The second-order valence-electron chi connectivity index (χ2n) is 7.50. The first-order chi connectivity index (χ1) is 14.5. The van der Waals surface area contributed by atoms with E-state index in [9.17, 15) is 9.59 Å². The van der Waals surface area contributed by atoms with Crippen molar-refractivity contribution in [3.05, 3.63) is 65.2 Å². The molecule has 0 radical (unpaired) electrons. The summed E-state index contributed by atoms with van der Waals surface area (Å²) in [5.41, 5.74) is 7.94. The number of benzene rings is 3. The molecule has 1 fully saturated rings. The lowest BCUT2D eigenvalue weighted by Crippen LogP contribution is -2.50. The molecular formula is C24H23ClN2O3. The van der Waals surface area contributed by atoms with E-state index in [2.05, 4.69) is 0 Å². The highest BCUT2D eigenvalue weighted by Crippen LogP contribution is 2.37. The summed E-state index contributed by atoms with van der Waals surface area (Å²) in [6.45, 7) is 0.546. The van der Waals surface area contributed by atoms with Gasteiger partial charge in [-0.15, -0.1) is 0 Å². The molecule has 1 heterocycles. The van der Waals surface area contributed by atoms with Crippen molar-refractivity contribution in [2.45, 2.75) is 25.3 Å². The van der Waals surface area contributed by atoms with E-state index in [1.165, 1.54) is 0 Å². The molecule has 5 nitrogen and oxygen atoms in total. The Morgan fingerprint density at radius 3 is 2.67 bits per heavy atom. The number of fused-ring (bicyclic) bond motifs is 1. The first-order valence-electron chi connectivity index (χ1n) is 9.96. The fourth-order valence-electron chi connectivity index (χ4n) is 4.18. The molecule has 30 heavy (non-hydrogen) atoms. The summed E-state index contributed by atoms with van der Waals surface area (Å²) in [5.74, 6) is 0.120. The average Bonchev–Trinajstić information content (AvgIpc) is 2.77. The van der Waals surface area contributed by atoms with Gasteiger partial charge in [-0.05, 0) is 65.9 Å². The summed E-state index contributed by atoms with van der Waals surface area (Å²) in [6.07, 6.45) is 2.40. The molecule has 0 aromatic heterocycles. The zero-order chi connectivity index (χ0) is 21.3. The molecule has 4 rings (SSSR count). The first-order valence-corrected chi connectivity index (χ1v) is 10.3. The monoisotopic (exact) mass is 422 g/mol. The summed E-state index contributed by atoms with van der Waals surface area (Å²) in [5, 5.41) is 2.53. The van der Waals surface area contributed by atoms with Gasteiger partial charge in [-0.1, -0.05) is 35.9 Å². The largest absolute Gasteiger partial charge is 0.496 e. The number of halogens is 1. The lowest BCUT2D eigenvalue weighted by molar-refractivity contribution is -0.123. The quantitative estimate of drug-likeness (QED) is 0.665. The number of primary amides is 1. The molecule has 2 amide bonds. The number of nitrogens with zero attached hydrogens (tertiary/aromatic N) is 1. The number of amides is 2. The lowest BCUT2D eigenvalue weighted by Gasteiger charge is -2.33. The van der Waals surface area contributed by atoms with Crippen molar-refractivity contribution in [3.8, 4) is 16.9 Å².